The van der Waals surface area contributed by atoms with Crippen LogP contribution in [0.5, 0.6) is 5.75 Å². The Morgan fingerprint density at radius 3 is 2.72 bits per heavy atom. The van der Waals surface area contributed by atoms with Crippen LogP contribution < -0.4 is 9.30 Å². The minimum atomic E-state index is 0.761. The number of oxime groups is 1. The first-order valence-electron chi connectivity index (χ1n) is 5.61. The highest BCUT2D eigenvalue weighted by Crippen LogP contribution is 2.10. The molecule has 18 heavy (non-hydrogen) atoms. The van der Waals surface area contributed by atoms with Gasteiger partial charge in [0.15, 0.2) is 18.9 Å². The summed E-state index contributed by atoms with van der Waals surface area (Å²) in [6, 6.07) is 11.7. The van der Waals surface area contributed by atoms with Crippen molar-refractivity contribution in [1.82, 2.24) is 0 Å². The van der Waals surface area contributed by atoms with Crippen LogP contribution in [-0.2, 0) is 6.54 Å². The van der Waals surface area contributed by atoms with Crippen molar-refractivity contribution in [3.63, 3.8) is 0 Å². The van der Waals surface area contributed by atoms with Crippen molar-refractivity contribution in [1.29, 1.82) is 0 Å². The first-order chi connectivity index (χ1) is 8.81. The van der Waals surface area contributed by atoms with Gasteiger partial charge in [-0.1, -0.05) is 5.16 Å². The predicted molar refractivity (Wildman–Crippen MR) is 68.1 cm³/mol. The Balaban J connectivity index is 2.14. The average molecular weight is 243 g/mol. The maximum absolute atomic E-state index is 8.50. The van der Waals surface area contributed by atoms with E-state index in [1.807, 2.05) is 53.4 Å². The number of methoxy groups -OCH3 is 1. The first-order valence-corrected chi connectivity index (χ1v) is 5.61. The number of aromatic nitrogens is 1. The van der Waals surface area contributed by atoms with Gasteiger partial charge in [-0.05, 0) is 30.3 Å². The van der Waals surface area contributed by atoms with Crippen LogP contribution in [-0.4, -0.2) is 18.5 Å². The summed E-state index contributed by atoms with van der Waals surface area (Å²) in [5.41, 5.74) is 2.03. The van der Waals surface area contributed by atoms with Crippen LogP contribution in [0, 0.1) is 0 Å². The smallest absolute Gasteiger partial charge is 0.178 e. The Hall–Kier alpha value is -2.36. The maximum atomic E-state index is 8.50. The summed E-state index contributed by atoms with van der Waals surface area (Å²) in [6.45, 7) is 0.761. The highest BCUT2D eigenvalue weighted by Gasteiger charge is 2.03. The Morgan fingerprint density at radius 2 is 2.06 bits per heavy atom. The van der Waals surface area contributed by atoms with Gasteiger partial charge in [-0.15, -0.1) is 0 Å². The molecule has 92 valence electrons. The number of pyridine rings is 1. The summed E-state index contributed by atoms with van der Waals surface area (Å²) in [7, 11) is 1.65. The summed E-state index contributed by atoms with van der Waals surface area (Å²) in [6.07, 6.45) is 5.30. The van der Waals surface area contributed by atoms with Crippen LogP contribution in [0.25, 0.3) is 0 Å². The molecule has 0 spiro atoms. The molecule has 0 bridgehead atoms. The van der Waals surface area contributed by atoms with Gasteiger partial charge in [0.1, 0.15) is 5.75 Å². The second kappa shape index (κ2) is 5.82. The zero-order valence-electron chi connectivity index (χ0n) is 10.2. The third-order valence-corrected chi connectivity index (χ3v) is 2.61. The highest BCUT2D eigenvalue weighted by atomic mass is 16.5. The number of nitrogens with zero attached hydrogens (tertiary/aromatic N) is 2. The molecule has 0 saturated carbocycles. The number of ether oxygens (including phenoxy) is 1. The van der Waals surface area contributed by atoms with Crippen molar-refractivity contribution in [2.45, 2.75) is 6.54 Å². The Morgan fingerprint density at radius 1 is 1.28 bits per heavy atom. The van der Waals surface area contributed by atoms with Crippen LogP contribution in [0.2, 0.25) is 0 Å². The van der Waals surface area contributed by atoms with Crippen LogP contribution in [0.3, 0.4) is 0 Å². The zero-order valence-corrected chi connectivity index (χ0v) is 10.2. The molecule has 1 aromatic heterocycles. The van der Waals surface area contributed by atoms with E-state index in [0.29, 0.717) is 0 Å². The molecule has 0 saturated heterocycles. The minimum Gasteiger partial charge on any atom is -0.497 e. The van der Waals surface area contributed by atoms with E-state index >= 15 is 0 Å². The van der Waals surface area contributed by atoms with E-state index in [4.69, 9.17) is 9.94 Å². The first kappa shape index (κ1) is 12.1. The monoisotopic (exact) mass is 243 g/mol. The third-order valence-electron chi connectivity index (χ3n) is 2.61. The fourth-order valence-corrected chi connectivity index (χ4v) is 1.73. The quantitative estimate of drug-likeness (QED) is 0.385. The predicted octanol–water partition coefficient (Wildman–Crippen LogP) is 1.84. The third kappa shape index (κ3) is 3.07. The standard InChI is InChI=1S/C14H14N2O2/c1-18-14-6-4-12(5-7-14)10-16-8-2-3-13(11-16)9-15-17/h2-9,11H,10H2,1H3/p+1/b15-9+. The van der Waals surface area contributed by atoms with E-state index in [9.17, 15) is 0 Å². The maximum Gasteiger partial charge on any atom is 0.178 e. The highest BCUT2D eigenvalue weighted by molar-refractivity contribution is 5.77. The second-order valence-electron chi connectivity index (χ2n) is 3.90. The largest absolute Gasteiger partial charge is 0.497 e. The molecule has 1 heterocycles. The number of hydrogen-bond acceptors (Lipinski definition) is 3. The molecule has 4 nitrogen and oxygen atoms in total. The zero-order chi connectivity index (χ0) is 12.8. The average Bonchev–Trinajstić information content (AvgIpc) is 2.40. The summed E-state index contributed by atoms with van der Waals surface area (Å²) >= 11 is 0. The van der Waals surface area contributed by atoms with Gasteiger partial charge in [0, 0.05) is 11.6 Å². The van der Waals surface area contributed by atoms with E-state index in [1.54, 1.807) is 7.11 Å². The molecule has 4 heteroatoms. The molecule has 0 fully saturated rings. The minimum absolute atomic E-state index is 0.761. The van der Waals surface area contributed by atoms with Gasteiger partial charge >= 0.3 is 0 Å². The molecule has 0 aliphatic rings. The SMILES string of the molecule is COc1ccc(C[n+]2cccc(/C=N/O)c2)cc1. The molecule has 0 aliphatic carbocycles. The summed E-state index contributed by atoms with van der Waals surface area (Å²) in [5, 5.41) is 11.5. The Labute approximate surface area is 106 Å². The number of rotatable bonds is 4. The van der Waals surface area contributed by atoms with E-state index in [-0.39, 0.29) is 0 Å². The van der Waals surface area contributed by atoms with Crippen molar-refractivity contribution < 1.29 is 14.5 Å². The van der Waals surface area contributed by atoms with Crippen molar-refractivity contribution in [3.8, 4) is 5.75 Å². The lowest BCUT2D eigenvalue weighted by molar-refractivity contribution is -0.688. The molecule has 0 aliphatic heterocycles. The van der Waals surface area contributed by atoms with Crippen LogP contribution in [0.1, 0.15) is 11.1 Å². The number of benzene rings is 1. The Bertz CT molecular complexity index is 536. The van der Waals surface area contributed by atoms with Gasteiger partial charge in [-0.3, -0.25) is 0 Å². The molecule has 0 unspecified atom stereocenters. The summed E-state index contributed by atoms with van der Waals surface area (Å²) in [5.74, 6) is 0.852. The van der Waals surface area contributed by atoms with E-state index in [2.05, 4.69) is 5.16 Å². The fraction of sp³-hybridized carbons (Fsp3) is 0.143. The van der Waals surface area contributed by atoms with Gasteiger partial charge in [-0.25, -0.2) is 4.57 Å². The number of hydrogen-bond donors (Lipinski definition) is 1. The molecular formula is C14H15N2O2+. The van der Waals surface area contributed by atoms with Crippen molar-refractivity contribution >= 4 is 6.21 Å². The molecule has 1 aromatic carbocycles. The molecule has 0 radical (unpaired) electrons. The Kier molecular flexibility index (Phi) is 3.91. The van der Waals surface area contributed by atoms with E-state index in [1.165, 1.54) is 11.8 Å². The van der Waals surface area contributed by atoms with Crippen molar-refractivity contribution in [2.24, 2.45) is 5.16 Å². The van der Waals surface area contributed by atoms with Crippen LogP contribution in [0.4, 0.5) is 0 Å². The molecular weight excluding hydrogens is 228 g/mol. The van der Waals surface area contributed by atoms with Gasteiger partial charge in [0.2, 0.25) is 0 Å². The van der Waals surface area contributed by atoms with Crippen LogP contribution in [0.15, 0.2) is 53.9 Å². The lowest BCUT2D eigenvalue weighted by atomic mass is 10.2. The fourth-order valence-electron chi connectivity index (χ4n) is 1.73. The molecule has 0 amide bonds. The van der Waals surface area contributed by atoms with E-state index < -0.39 is 0 Å². The van der Waals surface area contributed by atoms with Crippen molar-refractivity contribution in [2.75, 3.05) is 7.11 Å². The van der Waals surface area contributed by atoms with Gasteiger partial charge < -0.3 is 9.94 Å². The normalized spacial score (nSPS) is 10.7. The molecule has 2 rings (SSSR count). The second-order valence-corrected chi connectivity index (χ2v) is 3.90. The molecule has 1 N–H and O–H groups in total. The van der Waals surface area contributed by atoms with Gasteiger partial charge in [0.05, 0.1) is 18.9 Å². The van der Waals surface area contributed by atoms with Gasteiger partial charge in [0.25, 0.3) is 0 Å². The van der Waals surface area contributed by atoms with Gasteiger partial charge in [-0.2, -0.15) is 0 Å². The topological polar surface area (TPSA) is 45.7 Å². The lowest BCUT2D eigenvalue weighted by Gasteiger charge is -2.01. The van der Waals surface area contributed by atoms with Crippen molar-refractivity contribution in [3.05, 3.63) is 59.9 Å². The lowest BCUT2D eigenvalue weighted by Crippen LogP contribution is -2.33. The molecule has 0 atom stereocenters. The van der Waals surface area contributed by atoms with Crippen LogP contribution >= 0.6 is 0 Å². The van der Waals surface area contributed by atoms with E-state index in [0.717, 1.165) is 17.9 Å². The molecule has 2 aromatic rings. The summed E-state index contributed by atoms with van der Waals surface area (Å²) < 4.78 is 7.15. The summed E-state index contributed by atoms with van der Waals surface area (Å²) in [4.78, 5) is 0.